The Balaban J connectivity index is 1.79. The van der Waals surface area contributed by atoms with Crippen molar-refractivity contribution in [3.8, 4) is 17.6 Å². The summed E-state index contributed by atoms with van der Waals surface area (Å²) in [6.45, 7) is 0.650. The minimum absolute atomic E-state index is 0.114. The third-order valence-corrected chi connectivity index (χ3v) is 5.34. The minimum atomic E-state index is -0.175. The van der Waals surface area contributed by atoms with Gasteiger partial charge in [0.2, 0.25) is 0 Å². The van der Waals surface area contributed by atoms with E-state index in [1.54, 1.807) is 55.1 Å². The van der Waals surface area contributed by atoms with Crippen molar-refractivity contribution in [1.82, 2.24) is 4.90 Å². The summed E-state index contributed by atoms with van der Waals surface area (Å²) in [5.41, 5.74) is 2.17. The molecule has 26 heavy (non-hydrogen) atoms. The lowest BCUT2D eigenvalue weighted by molar-refractivity contribution is 0.214. The lowest BCUT2D eigenvalue weighted by Crippen LogP contribution is -2.34. The molecule has 0 aliphatic carbocycles. The topological polar surface area (TPSA) is 74.6 Å². The quantitative estimate of drug-likeness (QED) is 0.886. The molecule has 0 bridgehead atoms. The third-order valence-electron chi connectivity index (χ3n) is 4.08. The van der Waals surface area contributed by atoms with Crippen LogP contribution in [-0.4, -0.2) is 37.4 Å². The zero-order valence-corrected chi connectivity index (χ0v) is 15.4. The molecule has 3 rings (SSSR count). The van der Waals surface area contributed by atoms with Gasteiger partial charge < -0.3 is 19.7 Å². The van der Waals surface area contributed by atoms with Crippen LogP contribution in [0.2, 0.25) is 0 Å². The van der Waals surface area contributed by atoms with Crippen molar-refractivity contribution in [3.05, 3.63) is 53.6 Å². The number of hydrogen-bond acceptors (Lipinski definition) is 5. The zero-order chi connectivity index (χ0) is 18.5. The summed E-state index contributed by atoms with van der Waals surface area (Å²) in [6, 6.07) is 14.4. The van der Waals surface area contributed by atoms with Crippen LogP contribution in [-0.2, 0) is 0 Å². The van der Waals surface area contributed by atoms with Crippen molar-refractivity contribution < 1.29 is 14.3 Å². The number of amides is 2. The van der Waals surface area contributed by atoms with Gasteiger partial charge in [0.05, 0.1) is 25.9 Å². The van der Waals surface area contributed by atoms with Gasteiger partial charge >= 0.3 is 6.03 Å². The SMILES string of the molecule is COc1cc(OC)cc(C2SCCN2C(=O)Nc2ccc(C#N)cc2)c1. The summed E-state index contributed by atoms with van der Waals surface area (Å²) >= 11 is 1.70. The fourth-order valence-electron chi connectivity index (χ4n) is 2.75. The molecule has 2 aromatic carbocycles. The second-order valence-corrected chi connectivity index (χ2v) is 6.87. The number of thioether (sulfide) groups is 1. The van der Waals surface area contributed by atoms with Crippen molar-refractivity contribution in [2.75, 3.05) is 31.8 Å². The van der Waals surface area contributed by atoms with Crippen LogP contribution < -0.4 is 14.8 Å². The molecule has 0 saturated carbocycles. The highest BCUT2D eigenvalue weighted by Crippen LogP contribution is 2.40. The molecule has 1 atom stereocenters. The molecule has 1 fully saturated rings. The molecule has 1 aliphatic rings. The Hall–Kier alpha value is -2.85. The van der Waals surface area contributed by atoms with Crippen molar-refractivity contribution >= 4 is 23.5 Å². The van der Waals surface area contributed by atoms with E-state index in [9.17, 15) is 4.79 Å². The van der Waals surface area contributed by atoms with Gasteiger partial charge in [0.25, 0.3) is 0 Å². The molecule has 1 aliphatic heterocycles. The van der Waals surface area contributed by atoms with Crippen LogP contribution in [0.5, 0.6) is 11.5 Å². The van der Waals surface area contributed by atoms with E-state index in [-0.39, 0.29) is 11.4 Å². The first-order chi connectivity index (χ1) is 12.6. The van der Waals surface area contributed by atoms with Crippen molar-refractivity contribution in [2.45, 2.75) is 5.37 Å². The molecule has 1 N–H and O–H groups in total. The lowest BCUT2D eigenvalue weighted by atomic mass is 10.2. The number of nitrogens with one attached hydrogen (secondary N) is 1. The number of benzene rings is 2. The molecule has 2 aromatic rings. The van der Waals surface area contributed by atoms with Crippen molar-refractivity contribution in [1.29, 1.82) is 5.26 Å². The second-order valence-electron chi connectivity index (χ2n) is 5.68. The number of rotatable bonds is 4. The largest absolute Gasteiger partial charge is 0.497 e. The standard InChI is InChI=1S/C19H19N3O3S/c1-24-16-9-14(10-17(11-16)25-2)18-22(7-8-26-18)19(23)21-15-5-3-13(12-20)4-6-15/h3-6,9-11,18H,7-8H2,1-2H3,(H,21,23). The molecular formula is C19H19N3O3S. The molecule has 2 amide bonds. The van der Waals surface area contributed by atoms with Crippen LogP contribution in [0.1, 0.15) is 16.5 Å². The number of urea groups is 1. The summed E-state index contributed by atoms with van der Waals surface area (Å²) in [5, 5.41) is 11.6. The monoisotopic (exact) mass is 369 g/mol. The number of methoxy groups -OCH3 is 2. The third kappa shape index (κ3) is 3.86. The zero-order valence-electron chi connectivity index (χ0n) is 14.6. The van der Waals surface area contributed by atoms with E-state index in [0.717, 1.165) is 11.3 Å². The second kappa shape index (κ2) is 8.02. The van der Waals surface area contributed by atoms with Gasteiger partial charge in [-0.1, -0.05) is 0 Å². The molecule has 0 radical (unpaired) electrons. The maximum absolute atomic E-state index is 12.7. The Labute approximate surface area is 156 Å². The fourth-order valence-corrected chi connectivity index (χ4v) is 3.98. The van der Waals surface area contributed by atoms with E-state index in [4.69, 9.17) is 14.7 Å². The van der Waals surface area contributed by atoms with Gasteiger partial charge in [-0.2, -0.15) is 5.26 Å². The molecule has 6 nitrogen and oxygen atoms in total. The van der Waals surface area contributed by atoms with E-state index in [1.807, 2.05) is 18.2 Å². The highest BCUT2D eigenvalue weighted by molar-refractivity contribution is 7.99. The van der Waals surface area contributed by atoms with Crippen LogP contribution >= 0.6 is 11.8 Å². The number of nitriles is 1. The predicted molar refractivity (Wildman–Crippen MR) is 102 cm³/mol. The molecule has 0 spiro atoms. The number of anilines is 1. The van der Waals surface area contributed by atoms with Gasteiger partial charge in [-0.05, 0) is 42.0 Å². The Kier molecular flexibility index (Phi) is 5.54. The average Bonchev–Trinajstić information content (AvgIpc) is 3.18. The van der Waals surface area contributed by atoms with E-state index in [0.29, 0.717) is 29.3 Å². The molecule has 7 heteroatoms. The molecule has 134 valence electrons. The van der Waals surface area contributed by atoms with E-state index in [2.05, 4.69) is 11.4 Å². The number of nitrogens with zero attached hydrogens (tertiary/aromatic N) is 2. The Morgan fingerprint density at radius 1 is 1.19 bits per heavy atom. The molecule has 1 saturated heterocycles. The van der Waals surface area contributed by atoms with Crippen LogP contribution in [0, 0.1) is 11.3 Å². The predicted octanol–water partition coefficient (Wildman–Crippen LogP) is 3.85. The van der Waals surface area contributed by atoms with Gasteiger partial charge in [-0.3, -0.25) is 0 Å². The van der Waals surface area contributed by atoms with Gasteiger partial charge in [-0.25, -0.2) is 4.79 Å². The first-order valence-electron chi connectivity index (χ1n) is 8.07. The van der Waals surface area contributed by atoms with Crippen molar-refractivity contribution in [2.24, 2.45) is 0 Å². The van der Waals surface area contributed by atoms with Crippen LogP contribution in [0.25, 0.3) is 0 Å². The van der Waals surface area contributed by atoms with Gasteiger partial charge in [0, 0.05) is 24.1 Å². The lowest BCUT2D eigenvalue weighted by Gasteiger charge is -2.25. The van der Waals surface area contributed by atoms with Crippen LogP contribution in [0.15, 0.2) is 42.5 Å². The normalized spacial score (nSPS) is 16.0. The average molecular weight is 369 g/mol. The highest BCUT2D eigenvalue weighted by Gasteiger charge is 2.31. The highest BCUT2D eigenvalue weighted by atomic mass is 32.2. The molecular weight excluding hydrogens is 350 g/mol. The molecule has 1 unspecified atom stereocenters. The summed E-state index contributed by atoms with van der Waals surface area (Å²) in [4.78, 5) is 14.5. The number of ether oxygens (including phenoxy) is 2. The number of carbonyl (C=O) groups excluding carboxylic acids is 1. The molecule has 0 aromatic heterocycles. The van der Waals surface area contributed by atoms with E-state index < -0.39 is 0 Å². The van der Waals surface area contributed by atoms with Crippen LogP contribution in [0.4, 0.5) is 10.5 Å². The fraction of sp³-hybridized carbons (Fsp3) is 0.263. The maximum atomic E-state index is 12.7. The van der Waals surface area contributed by atoms with Gasteiger partial charge in [-0.15, -0.1) is 11.8 Å². The summed E-state index contributed by atoms with van der Waals surface area (Å²) in [7, 11) is 3.21. The Morgan fingerprint density at radius 3 is 2.42 bits per heavy atom. The first kappa shape index (κ1) is 18.0. The summed E-state index contributed by atoms with van der Waals surface area (Å²) in [6.07, 6.45) is 0. The first-order valence-corrected chi connectivity index (χ1v) is 9.12. The molecule has 1 heterocycles. The number of carbonyl (C=O) groups is 1. The Morgan fingerprint density at radius 2 is 1.85 bits per heavy atom. The smallest absolute Gasteiger partial charge is 0.323 e. The van der Waals surface area contributed by atoms with Crippen LogP contribution in [0.3, 0.4) is 0 Å². The van der Waals surface area contributed by atoms with Crippen molar-refractivity contribution in [3.63, 3.8) is 0 Å². The van der Waals surface area contributed by atoms with Gasteiger partial charge in [0.15, 0.2) is 0 Å². The van der Waals surface area contributed by atoms with E-state index >= 15 is 0 Å². The maximum Gasteiger partial charge on any atom is 0.323 e. The summed E-state index contributed by atoms with van der Waals surface area (Å²) in [5.74, 6) is 2.24. The van der Waals surface area contributed by atoms with E-state index in [1.165, 1.54) is 0 Å². The van der Waals surface area contributed by atoms with Gasteiger partial charge in [0.1, 0.15) is 16.9 Å². The summed E-state index contributed by atoms with van der Waals surface area (Å²) < 4.78 is 10.7. The number of hydrogen-bond donors (Lipinski definition) is 1. The minimum Gasteiger partial charge on any atom is -0.497 e. The Bertz CT molecular complexity index is 811.